The molecule has 0 atom stereocenters. The maximum absolute atomic E-state index is 13.5. The minimum absolute atomic E-state index is 0.269. The van der Waals surface area contributed by atoms with E-state index in [1.54, 1.807) is 12.1 Å². The number of hydrogen-bond donors (Lipinski definition) is 0. The first-order chi connectivity index (χ1) is 13.6. The first kappa shape index (κ1) is 18.3. The Morgan fingerprint density at radius 3 is 2.29 bits per heavy atom. The van der Waals surface area contributed by atoms with E-state index in [1.165, 1.54) is 4.90 Å². The summed E-state index contributed by atoms with van der Waals surface area (Å²) in [5.41, 5.74) is 3.39. The summed E-state index contributed by atoms with van der Waals surface area (Å²) in [4.78, 5) is 30.3. The van der Waals surface area contributed by atoms with Gasteiger partial charge in [-0.2, -0.15) is 0 Å². The summed E-state index contributed by atoms with van der Waals surface area (Å²) in [6.45, 7) is 5.95. The number of nitrogens with zero attached hydrogens (tertiary/aromatic N) is 2. The van der Waals surface area contributed by atoms with Crippen LogP contribution in [0.2, 0.25) is 0 Å². The highest BCUT2D eigenvalue weighted by molar-refractivity contribution is 6.45. The van der Waals surface area contributed by atoms with Gasteiger partial charge >= 0.3 is 0 Å². The Kier molecular flexibility index (Phi) is 4.90. The van der Waals surface area contributed by atoms with Crippen LogP contribution in [-0.2, 0) is 9.59 Å². The minimum Gasteiger partial charge on any atom is -0.492 e. The topological polar surface area (TPSA) is 49.9 Å². The average Bonchev–Trinajstić information content (AvgIpc) is 3.30. The highest BCUT2D eigenvalue weighted by atomic mass is 16.5. The maximum atomic E-state index is 13.5. The molecule has 2 heterocycles. The molecule has 2 amide bonds. The van der Waals surface area contributed by atoms with E-state index in [0.717, 1.165) is 37.1 Å². The number of ether oxygens (including phenoxy) is 1. The lowest BCUT2D eigenvalue weighted by molar-refractivity contribution is -0.120. The summed E-state index contributed by atoms with van der Waals surface area (Å²) in [7, 11) is 0. The number of imide groups is 1. The molecule has 0 spiro atoms. The lowest BCUT2D eigenvalue weighted by Crippen LogP contribution is -2.34. The summed E-state index contributed by atoms with van der Waals surface area (Å²) in [5, 5.41) is 0. The molecular formula is C23H24N2O3. The Labute approximate surface area is 165 Å². The molecule has 2 aromatic carbocycles. The highest BCUT2D eigenvalue weighted by Gasteiger charge is 2.43. The number of hydrogen-bond acceptors (Lipinski definition) is 4. The number of benzene rings is 2. The number of para-hydroxylation sites is 2. The van der Waals surface area contributed by atoms with Crippen molar-refractivity contribution in [3.63, 3.8) is 0 Å². The van der Waals surface area contributed by atoms with E-state index in [0.29, 0.717) is 29.3 Å². The lowest BCUT2D eigenvalue weighted by atomic mass is 10.0. The average molecular weight is 376 g/mol. The van der Waals surface area contributed by atoms with E-state index < -0.39 is 0 Å². The Bertz CT molecular complexity index is 941. The number of amides is 2. The Morgan fingerprint density at radius 2 is 1.61 bits per heavy atom. The van der Waals surface area contributed by atoms with Crippen LogP contribution in [0.15, 0.2) is 54.2 Å². The standard InChI is InChI=1S/C23H24N2O3/c1-3-28-19-9-5-4-8-18(19)25-22(26)20(17-12-10-16(2)11-13-17)21(23(25)27)24-14-6-7-15-24/h4-5,8-13H,3,6-7,14-15H2,1-2H3. The second-order valence-electron chi connectivity index (χ2n) is 7.13. The quantitative estimate of drug-likeness (QED) is 0.746. The van der Waals surface area contributed by atoms with Gasteiger partial charge in [0.15, 0.2) is 0 Å². The van der Waals surface area contributed by atoms with Gasteiger partial charge < -0.3 is 9.64 Å². The predicted molar refractivity (Wildman–Crippen MR) is 109 cm³/mol. The molecule has 0 unspecified atom stereocenters. The van der Waals surface area contributed by atoms with Crippen LogP contribution in [0.3, 0.4) is 0 Å². The first-order valence-corrected chi connectivity index (χ1v) is 9.78. The molecule has 2 aliphatic rings. The summed E-state index contributed by atoms with van der Waals surface area (Å²) >= 11 is 0. The van der Waals surface area contributed by atoms with Crippen molar-refractivity contribution in [1.29, 1.82) is 0 Å². The zero-order valence-corrected chi connectivity index (χ0v) is 16.3. The molecule has 5 heteroatoms. The van der Waals surface area contributed by atoms with E-state index in [9.17, 15) is 9.59 Å². The number of aryl methyl sites for hydroxylation is 1. The molecule has 0 N–H and O–H groups in total. The summed E-state index contributed by atoms with van der Waals surface area (Å²) in [6.07, 6.45) is 2.06. The SMILES string of the molecule is CCOc1ccccc1N1C(=O)C(c2ccc(C)cc2)=C(N2CCCC2)C1=O. The van der Waals surface area contributed by atoms with Crippen LogP contribution in [0, 0.1) is 6.92 Å². The van der Waals surface area contributed by atoms with E-state index >= 15 is 0 Å². The predicted octanol–water partition coefficient (Wildman–Crippen LogP) is 3.77. The Morgan fingerprint density at radius 1 is 0.929 bits per heavy atom. The second kappa shape index (κ2) is 7.50. The van der Waals surface area contributed by atoms with Gasteiger partial charge in [-0.25, -0.2) is 4.90 Å². The van der Waals surface area contributed by atoms with Crippen molar-refractivity contribution in [3.8, 4) is 5.75 Å². The van der Waals surface area contributed by atoms with E-state index in [4.69, 9.17) is 4.74 Å². The third kappa shape index (κ3) is 3.07. The molecule has 1 saturated heterocycles. The minimum atomic E-state index is -0.289. The molecule has 144 valence electrons. The van der Waals surface area contributed by atoms with Crippen molar-refractivity contribution in [2.75, 3.05) is 24.6 Å². The Balaban J connectivity index is 1.83. The van der Waals surface area contributed by atoms with Crippen LogP contribution in [0.25, 0.3) is 5.57 Å². The fourth-order valence-corrected chi connectivity index (χ4v) is 3.87. The van der Waals surface area contributed by atoms with Gasteiger partial charge in [-0.15, -0.1) is 0 Å². The number of rotatable bonds is 5. The molecule has 28 heavy (non-hydrogen) atoms. The van der Waals surface area contributed by atoms with Gasteiger partial charge in [-0.3, -0.25) is 9.59 Å². The molecule has 2 aliphatic heterocycles. The van der Waals surface area contributed by atoms with Gasteiger partial charge in [0.1, 0.15) is 11.4 Å². The fraction of sp³-hybridized carbons (Fsp3) is 0.304. The zero-order valence-electron chi connectivity index (χ0n) is 16.3. The summed E-state index contributed by atoms with van der Waals surface area (Å²) < 4.78 is 5.69. The van der Waals surface area contributed by atoms with Crippen LogP contribution in [-0.4, -0.2) is 36.4 Å². The number of carbonyl (C=O) groups excluding carboxylic acids is 2. The van der Waals surface area contributed by atoms with Crippen LogP contribution in [0.4, 0.5) is 5.69 Å². The van der Waals surface area contributed by atoms with Gasteiger partial charge in [0.2, 0.25) is 0 Å². The van der Waals surface area contributed by atoms with Crippen molar-refractivity contribution in [1.82, 2.24) is 4.90 Å². The van der Waals surface area contributed by atoms with Gasteiger partial charge in [0.05, 0.1) is 17.9 Å². The molecule has 0 radical (unpaired) electrons. The first-order valence-electron chi connectivity index (χ1n) is 9.78. The van der Waals surface area contributed by atoms with Crippen LogP contribution in [0.1, 0.15) is 30.9 Å². The molecule has 0 saturated carbocycles. The van der Waals surface area contributed by atoms with Crippen molar-refractivity contribution < 1.29 is 14.3 Å². The molecule has 1 fully saturated rings. The number of anilines is 1. The second-order valence-corrected chi connectivity index (χ2v) is 7.13. The van der Waals surface area contributed by atoms with Gasteiger partial charge in [0, 0.05) is 13.1 Å². The Hall–Kier alpha value is -3.08. The summed E-state index contributed by atoms with van der Waals surface area (Å²) in [6, 6.07) is 15.0. The highest BCUT2D eigenvalue weighted by Crippen LogP contribution is 2.39. The monoisotopic (exact) mass is 376 g/mol. The largest absolute Gasteiger partial charge is 0.492 e. The van der Waals surface area contributed by atoms with Crippen LogP contribution in [0.5, 0.6) is 5.75 Å². The van der Waals surface area contributed by atoms with Crippen molar-refractivity contribution in [2.24, 2.45) is 0 Å². The van der Waals surface area contributed by atoms with E-state index in [2.05, 4.69) is 4.90 Å². The molecule has 4 rings (SSSR count). The molecule has 0 bridgehead atoms. The summed E-state index contributed by atoms with van der Waals surface area (Å²) in [5.74, 6) is -0.0184. The third-order valence-electron chi connectivity index (χ3n) is 5.23. The maximum Gasteiger partial charge on any atom is 0.282 e. The number of likely N-dealkylation sites (tertiary alicyclic amines) is 1. The van der Waals surface area contributed by atoms with Gasteiger partial charge in [0.25, 0.3) is 11.8 Å². The lowest BCUT2D eigenvalue weighted by Gasteiger charge is -2.21. The smallest absolute Gasteiger partial charge is 0.282 e. The molecular weight excluding hydrogens is 352 g/mol. The van der Waals surface area contributed by atoms with Gasteiger partial charge in [-0.05, 0) is 44.4 Å². The van der Waals surface area contributed by atoms with E-state index in [-0.39, 0.29) is 11.8 Å². The van der Waals surface area contributed by atoms with E-state index in [1.807, 2.05) is 50.2 Å². The molecule has 0 aromatic heterocycles. The molecule has 5 nitrogen and oxygen atoms in total. The van der Waals surface area contributed by atoms with Crippen molar-refractivity contribution >= 4 is 23.1 Å². The normalized spacial score (nSPS) is 17.1. The van der Waals surface area contributed by atoms with Gasteiger partial charge in [-0.1, -0.05) is 42.0 Å². The van der Waals surface area contributed by atoms with Crippen LogP contribution < -0.4 is 9.64 Å². The van der Waals surface area contributed by atoms with Crippen molar-refractivity contribution in [3.05, 3.63) is 65.4 Å². The van der Waals surface area contributed by atoms with Crippen molar-refractivity contribution in [2.45, 2.75) is 26.7 Å². The van der Waals surface area contributed by atoms with Crippen LogP contribution >= 0.6 is 0 Å². The fourth-order valence-electron chi connectivity index (χ4n) is 3.87. The molecule has 0 aliphatic carbocycles. The number of carbonyl (C=O) groups is 2. The molecule has 2 aromatic rings. The third-order valence-corrected chi connectivity index (χ3v) is 5.23. The zero-order chi connectivity index (χ0) is 19.7.